The summed E-state index contributed by atoms with van der Waals surface area (Å²) in [5, 5.41) is 2.90. The highest BCUT2D eigenvalue weighted by Crippen LogP contribution is 2.36. The molecule has 1 aromatic heterocycles. The number of anilines is 1. The van der Waals surface area contributed by atoms with Gasteiger partial charge in [-0.25, -0.2) is 10.8 Å². The summed E-state index contributed by atoms with van der Waals surface area (Å²) in [4.78, 5) is 15.7. The van der Waals surface area contributed by atoms with E-state index in [4.69, 9.17) is 5.84 Å². The molecule has 2 rings (SSSR count). The Hall–Kier alpha value is -1.62. The van der Waals surface area contributed by atoms with E-state index in [-0.39, 0.29) is 5.91 Å². The van der Waals surface area contributed by atoms with Gasteiger partial charge in [-0.3, -0.25) is 4.79 Å². The largest absolute Gasteiger partial charge is 0.352 e. The van der Waals surface area contributed by atoms with Crippen molar-refractivity contribution in [2.75, 3.05) is 12.0 Å². The van der Waals surface area contributed by atoms with Crippen LogP contribution in [0, 0.1) is 11.8 Å². The van der Waals surface area contributed by atoms with Gasteiger partial charge in [-0.05, 0) is 30.4 Å². The minimum absolute atomic E-state index is 0.0739. The summed E-state index contributed by atoms with van der Waals surface area (Å²) < 4.78 is 0. The van der Waals surface area contributed by atoms with Crippen LogP contribution in [0.2, 0.25) is 0 Å². The van der Waals surface area contributed by atoms with Gasteiger partial charge in [0.05, 0.1) is 5.56 Å². The van der Waals surface area contributed by atoms with Crippen LogP contribution in [0.4, 0.5) is 5.82 Å². The van der Waals surface area contributed by atoms with Gasteiger partial charge in [-0.1, -0.05) is 6.92 Å². The summed E-state index contributed by atoms with van der Waals surface area (Å²) in [6, 6.07) is 3.38. The zero-order valence-electron chi connectivity index (χ0n) is 9.23. The molecule has 2 unspecified atom stereocenters. The third kappa shape index (κ3) is 2.49. The Morgan fingerprint density at radius 3 is 2.88 bits per heavy atom. The Morgan fingerprint density at radius 1 is 1.62 bits per heavy atom. The lowest BCUT2D eigenvalue weighted by Gasteiger charge is -2.04. The monoisotopic (exact) mass is 220 g/mol. The SMILES string of the molecule is CC1CC1CNC(=O)c1ccc(NN)nc1. The Morgan fingerprint density at radius 2 is 2.38 bits per heavy atom. The van der Waals surface area contributed by atoms with Gasteiger partial charge < -0.3 is 10.7 Å². The molecular formula is C11H16N4O. The number of carbonyl (C=O) groups excluding carboxylic acids is 1. The summed E-state index contributed by atoms with van der Waals surface area (Å²) in [7, 11) is 0. The minimum Gasteiger partial charge on any atom is -0.352 e. The first-order chi connectivity index (χ1) is 7.70. The van der Waals surface area contributed by atoms with Crippen LogP contribution in [-0.2, 0) is 0 Å². The Kier molecular flexibility index (Phi) is 3.05. The third-order valence-electron chi connectivity index (χ3n) is 2.97. The lowest BCUT2D eigenvalue weighted by Crippen LogP contribution is -2.26. The highest BCUT2D eigenvalue weighted by molar-refractivity contribution is 5.94. The molecule has 0 aliphatic heterocycles. The summed E-state index contributed by atoms with van der Waals surface area (Å²) in [6.07, 6.45) is 2.73. The number of nitrogens with one attached hydrogen (secondary N) is 2. The van der Waals surface area contributed by atoms with Crippen molar-refractivity contribution in [3.05, 3.63) is 23.9 Å². The van der Waals surface area contributed by atoms with Crippen molar-refractivity contribution >= 4 is 11.7 Å². The first-order valence-electron chi connectivity index (χ1n) is 5.41. The van der Waals surface area contributed by atoms with Crippen molar-refractivity contribution in [2.24, 2.45) is 17.7 Å². The van der Waals surface area contributed by atoms with E-state index in [0.29, 0.717) is 17.3 Å². The van der Waals surface area contributed by atoms with Crippen LogP contribution >= 0.6 is 0 Å². The molecular weight excluding hydrogens is 204 g/mol. The lowest BCUT2D eigenvalue weighted by atomic mass is 10.2. The molecule has 5 nitrogen and oxygen atoms in total. The van der Waals surface area contributed by atoms with Gasteiger partial charge in [-0.15, -0.1) is 0 Å². The first-order valence-corrected chi connectivity index (χ1v) is 5.41. The van der Waals surface area contributed by atoms with Crippen LogP contribution in [0.3, 0.4) is 0 Å². The molecule has 0 aromatic carbocycles. The van der Waals surface area contributed by atoms with E-state index in [1.54, 1.807) is 12.1 Å². The third-order valence-corrected chi connectivity index (χ3v) is 2.97. The number of hydrogen-bond donors (Lipinski definition) is 3. The number of rotatable bonds is 4. The van der Waals surface area contributed by atoms with Crippen LogP contribution < -0.4 is 16.6 Å². The number of amides is 1. The topological polar surface area (TPSA) is 80.0 Å². The number of nitrogen functional groups attached to an aromatic ring is 1. The molecule has 86 valence electrons. The van der Waals surface area contributed by atoms with Crippen molar-refractivity contribution < 1.29 is 4.79 Å². The van der Waals surface area contributed by atoms with E-state index in [0.717, 1.165) is 12.5 Å². The van der Waals surface area contributed by atoms with E-state index in [1.165, 1.54) is 12.6 Å². The maximum absolute atomic E-state index is 11.7. The summed E-state index contributed by atoms with van der Waals surface area (Å²) >= 11 is 0. The second-order valence-corrected chi connectivity index (χ2v) is 4.26. The Labute approximate surface area is 94.4 Å². The predicted octanol–water partition coefficient (Wildman–Crippen LogP) is 0.753. The zero-order chi connectivity index (χ0) is 11.5. The quantitative estimate of drug-likeness (QED) is 0.517. The molecule has 16 heavy (non-hydrogen) atoms. The fourth-order valence-corrected chi connectivity index (χ4v) is 1.62. The smallest absolute Gasteiger partial charge is 0.252 e. The molecule has 0 bridgehead atoms. The highest BCUT2D eigenvalue weighted by atomic mass is 16.1. The van der Waals surface area contributed by atoms with Gasteiger partial charge >= 0.3 is 0 Å². The number of nitrogens with zero attached hydrogens (tertiary/aromatic N) is 1. The predicted molar refractivity (Wildman–Crippen MR) is 61.7 cm³/mol. The molecule has 1 aromatic rings. The van der Waals surface area contributed by atoms with Crippen molar-refractivity contribution in [1.82, 2.24) is 10.3 Å². The lowest BCUT2D eigenvalue weighted by molar-refractivity contribution is 0.0951. The van der Waals surface area contributed by atoms with E-state index < -0.39 is 0 Å². The van der Waals surface area contributed by atoms with Crippen molar-refractivity contribution in [3.8, 4) is 0 Å². The molecule has 0 radical (unpaired) electrons. The maximum atomic E-state index is 11.7. The number of hydrazine groups is 1. The maximum Gasteiger partial charge on any atom is 0.252 e. The average molecular weight is 220 g/mol. The Balaban J connectivity index is 1.87. The fraction of sp³-hybridized carbons (Fsp3) is 0.455. The van der Waals surface area contributed by atoms with E-state index in [9.17, 15) is 4.79 Å². The molecule has 0 spiro atoms. The van der Waals surface area contributed by atoms with Crippen molar-refractivity contribution in [2.45, 2.75) is 13.3 Å². The molecule has 4 N–H and O–H groups in total. The number of nitrogens with two attached hydrogens (primary N) is 1. The number of pyridine rings is 1. The average Bonchev–Trinajstić information content (AvgIpc) is 3.02. The molecule has 2 atom stereocenters. The van der Waals surface area contributed by atoms with Crippen LogP contribution in [0.15, 0.2) is 18.3 Å². The molecule has 1 fully saturated rings. The summed E-state index contributed by atoms with van der Waals surface area (Å²) in [6.45, 7) is 2.96. The Bertz CT molecular complexity index is 376. The first kappa shape index (κ1) is 10.9. The van der Waals surface area contributed by atoms with E-state index in [1.807, 2.05) is 0 Å². The second-order valence-electron chi connectivity index (χ2n) is 4.26. The molecule has 0 saturated heterocycles. The van der Waals surface area contributed by atoms with Crippen molar-refractivity contribution in [3.63, 3.8) is 0 Å². The van der Waals surface area contributed by atoms with Gasteiger partial charge in [-0.2, -0.15) is 0 Å². The highest BCUT2D eigenvalue weighted by Gasteiger charge is 2.32. The van der Waals surface area contributed by atoms with Crippen LogP contribution in [0.1, 0.15) is 23.7 Å². The molecule has 1 aliphatic rings. The van der Waals surface area contributed by atoms with E-state index >= 15 is 0 Å². The molecule has 1 aliphatic carbocycles. The van der Waals surface area contributed by atoms with Gasteiger partial charge in [0.2, 0.25) is 0 Å². The van der Waals surface area contributed by atoms with Crippen molar-refractivity contribution in [1.29, 1.82) is 0 Å². The number of carbonyl (C=O) groups is 1. The van der Waals surface area contributed by atoms with Crippen LogP contribution in [0.25, 0.3) is 0 Å². The van der Waals surface area contributed by atoms with Gasteiger partial charge in [0.25, 0.3) is 5.91 Å². The number of aromatic nitrogens is 1. The van der Waals surface area contributed by atoms with Gasteiger partial charge in [0.15, 0.2) is 0 Å². The summed E-state index contributed by atoms with van der Waals surface area (Å²) in [5.41, 5.74) is 2.98. The standard InChI is InChI=1S/C11H16N4O/c1-7-4-9(7)6-14-11(16)8-2-3-10(15-12)13-5-8/h2-3,5,7,9H,4,6,12H2,1H3,(H,13,15)(H,14,16). The van der Waals surface area contributed by atoms with Gasteiger partial charge in [0.1, 0.15) is 5.82 Å². The normalized spacial score (nSPS) is 22.6. The number of hydrogen-bond acceptors (Lipinski definition) is 4. The fourth-order valence-electron chi connectivity index (χ4n) is 1.62. The van der Waals surface area contributed by atoms with Crippen LogP contribution in [0.5, 0.6) is 0 Å². The molecule has 1 heterocycles. The molecule has 1 saturated carbocycles. The van der Waals surface area contributed by atoms with Gasteiger partial charge in [0, 0.05) is 12.7 Å². The second kappa shape index (κ2) is 4.49. The zero-order valence-corrected chi connectivity index (χ0v) is 9.23. The van der Waals surface area contributed by atoms with E-state index in [2.05, 4.69) is 22.7 Å². The van der Waals surface area contributed by atoms with Crippen LogP contribution in [-0.4, -0.2) is 17.4 Å². The molecule has 5 heteroatoms. The minimum atomic E-state index is -0.0739. The summed E-state index contributed by atoms with van der Waals surface area (Å²) in [5.74, 6) is 7.07. The molecule has 1 amide bonds.